The summed E-state index contributed by atoms with van der Waals surface area (Å²) in [4.78, 5) is 11.8. The topological polar surface area (TPSA) is 61.4 Å². The van der Waals surface area contributed by atoms with E-state index in [1.165, 1.54) is 0 Å². The fourth-order valence-corrected chi connectivity index (χ4v) is 2.37. The van der Waals surface area contributed by atoms with Gasteiger partial charge >= 0.3 is 6.03 Å². The Kier molecular flexibility index (Phi) is 5.22. The minimum absolute atomic E-state index is 0.0668. The Morgan fingerprint density at radius 1 is 1.24 bits per heavy atom. The molecule has 0 heterocycles. The lowest BCUT2D eigenvalue weighted by atomic mass is 10.1. The fourth-order valence-electron chi connectivity index (χ4n) is 1.93. The van der Waals surface area contributed by atoms with Gasteiger partial charge in [0.2, 0.25) is 0 Å². The highest BCUT2D eigenvalue weighted by Crippen LogP contribution is 2.23. The van der Waals surface area contributed by atoms with Crippen molar-refractivity contribution in [2.45, 2.75) is 13.3 Å². The van der Waals surface area contributed by atoms with Gasteiger partial charge in [-0.2, -0.15) is 0 Å². The number of benzene rings is 2. The maximum absolute atomic E-state index is 11.8. The van der Waals surface area contributed by atoms with Gasteiger partial charge in [0.1, 0.15) is 5.75 Å². The zero-order chi connectivity index (χ0) is 15.2. The molecule has 0 aliphatic carbocycles. The molecule has 0 spiro atoms. The van der Waals surface area contributed by atoms with Crippen LogP contribution >= 0.6 is 15.9 Å². The normalized spacial score (nSPS) is 10.2. The molecule has 21 heavy (non-hydrogen) atoms. The van der Waals surface area contributed by atoms with E-state index in [-0.39, 0.29) is 11.8 Å². The first kappa shape index (κ1) is 15.4. The van der Waals surface area contributed by atoms with Gasteiger partial charge in [-0.1, -0.05) is 34.1 Å². The molecule has 3 N–H and O–H groups in total. The van der Waals surface area contributed by atoms with Crippen LogP contribution in [0.15, 0.2) is 46.9 Å². The van der Waals surface area contributed by atoms with Crippen molar-refractivity contribution in [2.75, 3.05) is 11.9 Å². The first-order valence-corrected chi connectivity index (χ1v) is 7.43. The third-order valence-corrected chi connectivity index (χ3v) is 3.48. The standard InChI is InChI=1S/C16H17BrN2O2/c1-11-5-6-14(15(20)9-11)19-16(21)18-8-7-12-3-2-4-13(17)10-12/h2-6,9-10,20H,7-8H2,1H3,(H2,18,19,21). The summed E-state index contributed by atoms with van der Waals surface area (Å²) in [6.07, 6.45) is 0.743. The second-order valence-electron chi connectivity index (χ2n) is 4.78. The molecule has 2 amide bonds. The van der Waals surface area contributed by atoms with E-state index in [4.69, 9.17) is 0 Å². The molecule has 0 radical (unpaired) electrons. The van der Waals surface area contributed by atoms with Crippen molar-refractivity contribution in [3.05, 3.63) is 58.1 Å². The molecule has 2 aromatic rings. The van der Waals surface area contributed by atoms with Crippen LogP contribution in [-0.4, -0.2) is 17.7 Å². The van der Waals surface area contributed by atoms with Gasteiger partial charge in [-0.05, 0) is 48.7 Å². The quantitative estimate of drug-likeness (QED) is 0.735. The smallest absolute Gasteiger partial charge is 0.319 e. The molecule has 4 nitrogen and oxygen atoms in total. The number of aromatic hydroxyl groups is 1. The number of phenolic OH excluding ortho intramolecular Hbond substituents is 1. The number of aryl methyl sites for hydroxylation is 1. The predicted molar refractivity (Wildman–Crippen MR) is 87.7 cm³/mol. The molecule has 0 aromatic heterocycles. The lowest BCUT2D eigenvalue weighted by molar-refractivity contribution is 0.252. The third-order valence-electron chi connectivity index (χ3n) is 2.99. The number of hydrogen-bond donors (Lipinski definition) is 3. The zero-order valence-electron chi connectivity index (χ0n) is 11.7. The van der Waals surface area contributed by atoms with E-state index in [0.29, 0.717) is 12.2 Å². The summed E-state index contributed by atoms with van der Waals surface area (Å²) in [5.74, 6) is 0.0668. The maximum Gasteiger partial charge on any atom is 0.319 e. The Morgan fingerprint density at radius 2 is 2.05 bits per heavy atom. The van der Waals surface area contributed by atoms with Gasteiger partial charge in [0.15, 0.2) is 0 Å². The summed E-state index contributed by atoms with van der Waals surface area (Å²) < 4.78 is 1.02. The summed E-state index contributed by atoms with van der Waals surface area (Å²) in [5, 5.41) is 15.1. The summed E-state index contributed by atoms with van der Waals surface area (Å²) in [7, 11) is 0. The average molecular weight is 349 g/mol. The molecule has 2 rings (SSSR count). The molecular weight excluding hydrogens is 332 g/mol. The Hall–Kier alpha value is -2.01. The van der Waals surface area contributed by atoms with Crippen LogP contribution in [0, 0.1) is 6.92 Å². The Morgan fingerprint density at radius 3 is 2.76 bits per heavy atom. The van der Waals surface area contributed by atoms with E-state index in [9.17, 15) is 9.90 Å². The molecule has 5 heteroatoms. The predicted octanol–water partition coefficient (Wildman–Crippen LogP) is 3.83. The van der Waals surface area contributed by atoms with Crippen LogP contribution in [0.1, 0.15) is 11.1 Å². The molecule has 0 bridgehead atoms. The molecule has 110 valence electrons. The van der Waals surface area contributed by atoms with E-state index in [1.54, 1.807) is 12.1 Å². The lowest BCUT2D eigenvalue weighted by Crippen LogP contribution is -2.30. The van der Waals surface area contributed by atoms with E-state index in [2.05, 4.69) is 26.6 Å². The summed E-state index contributed by atoms with van der Waals surface area (Å²) in [6, 6.07) is 12.7. The van der Waals surface area contributed by atoms with Crippen molar-refractivity contribution < 1.29 is 9.90 Å². The lowest BCUT2D eigenvalue weighted by Gasteiger charge is -2.09. The molecule has 0 aliphatic rings. The number of carbonyl (C=O) groups excluding carboxylic acids is 1. The number of amides is 2. The van der Waals surface area contributed by atoms with Crippen LogP contribution < -0.4 is 10.6 Å². The van der Waals surface area contributed by atoms with Gasteiger partial charge in [0.25, 0.3) is 0 Å². The molecule has 0 aliphatic heterocycles. The van der Waals surface area contributed by atoms with Crippen LogP contribution in [0.3, 0.4) is 0 Å². The van der Waals surface area contributed by atoms with Crippen LogP contribution in [0.4, 0.5) is 10.5 Å². The van der Waals surface area contributed by atoms with Gasteiger partial charge in [0.05, 0.1) is 5.69 Å². The monoisotopic (exact) mass is 348 g/mol. The second-order valence-corrected chi connectivity index (χ2v) is 5.70. The molecule has 0 unspecified atom stereocenters. The minimum atomic E-state index is -0.329. The molecular formula is C16H17BrN2O2. The van der Waals surface area contributed by atoms with E-state index < -0.39 is 0 Å². The number of phenols is 1. The number of nitrogens with one attached hydrogen (secondary N) is 2. The minimum Gasteiger partial charge on any atom is -0.506 e. The SMILES string of the molecule is Cc1ccc(NC(=O)NCCc2cccc(Br)c2)c(O)c1. The van der Waals surface area contributed by atoms with Gasteiger partial charge in [-0.3, -0.25) is 0 Å². The number of halogens is 1. The Bertz CT molecular complexity index is 644. The first-order valence-electron chi connectivity index (χ1n) is 6.63. The number of anilines is 1. The van der Waals surface area contributed by atoms with Crippen LogP contribution in [-0.2, 0) is 6.42 Å². The molecule has 2 aromatic carbocycles. The van der Waals surface area contributed by atoms with Crippen molar-refractivity contribution >= 4 is 27.6 Å². The number of carbonyl (C=O) groups is 1. The highest BCUT2D eigenvalue weighted by molar-refractivity contribution is 9.10. The largest absolute Gasteiger partial charge is 0.506 e. The van der Waals surface area contributed by atoms with Crippen molar-refractivity contribution in [3.8, 4) is 5.75 Å². The van der Waals surface area contributed by atoms with Gasteiger partial charge in [-0.25, -0.2) is 4.79 Å². The molecule has 0 saturated heterocycles. The fraction of sp³-hybridized carbons (Fsp3) is 0.188. The van der Waals surface area contributed by atoms with Gasteiger partial charge < -0.3 is 15.7 Å². The molecule has 0 atom stereocenters. The summed E-state index contributed by atoms with van der Waals surface area (Å²) >= 11 is 3.41. The Labute approximate surface area is 132 Å². The maximum atomic E-state index is 11.8. The van der Waals surface area contributed by atoms with Crippen molar-refractivity contribution in [1.82, 2.24) is 5.32 Å². The van der Waals surface area contributed by atoms with Crippen LogP contribution in [0.25, 0.3) is 0 Å². The molecule has 0 saturated carbocycles. The van der Waals surface area contributed by atoms with E-state index in [0.717, 1.165) is 22.0 Å². The average Bonchev–Trinajstić information content (AvgIpc) is 2.42. The van der Waals surface area contributed by atoms with Crippen molar-refractivity contribution in [3.63, 3.8) is 0 Å². The van der Waals surface area contributed by atoms with Gasteiger partial charge in [0, 0.05) is 11.0 Å². The van der Waals surface area contributed by atoms with Gasteiger partial charge in [-0.15, -0.1) is 0 Å². The number of hydrogen-bond acceptors (Lipinski definition) is 2. The van der Waals surface area contributed by atoms with E-state index >= 15 is 0 Å². The van der Waals surface area contributed by atoms with Crippen LogP contribution in [0.5, 0.6) is 5.75 Å². The first-order chi connectivity index (χ1) is 10.0. The molecule has 0 fully saturated rings. The van der Waals surface area contributed by atoms with Crippen LogP contribution in [0.2, 0.25) is 0 Å². The number of rotatable bonds is 4. The second kappa shape index (κ2) is 7.13. The summed E-state index contributed by atoms with van der Waals surface area (Å²) in [6.45, 7) is 2.40. The Balaban J connectivity index is 1.82. The summed E-state index contributed by atoms with van der Waals surface area (Å²) in [5.41, 5.74) is 2.48. The third kappa shape index (κ3) is 4.79. The van der Waals surface area contributed by atoms with Crippen molar-refractivity contribution in [2.24, 2.45) is 0 Å². The van der Waals surface area contributed by atoms with Crippen molar-refractivity contribution in [1.29, 1.82) is 0 Å². The highest BCUT2D eigenvalue weighted by atomic mass is 79.9. The van der Waals surface area contributed by atoms with E-state index in [1.807, 2.05) is 37.3 Å². The highest BCUT2D eigenvalue weighted by Gasteiger charge is 2.05. The zero-order valence-corrected chi connectivity index (χ0v) is 13.3. The number of urea groups is 1.